The standard InChI is InChI=1S/C13H27NO2/c1-4-11(5-2)14(9-10-16-3)12-7-6-8-13(12)15/h11-13,15H,4-10H2,1-3H3. The van der Waals surface area contributed by atoms with Crippen LogP contribution in [0.1, 0.15) is 46.0 Å². The first-order chi connectivity index (χ1) is 7.74. The van der Waals surface area contributed by atoms with Gasteiger partial charge >= 0.3 is 0 Å². The lowest BCUT2D eigenvalue weighted by molar-refractivity contribution is 0.0230. The summed E-state index contributed by atoms with van der Waals surface area (Å²) < 4.78 is 5.18. The Labute approximate surface area is 99.8 Å². The predicted octanol–water partition coefficient (Wildman–Crippen LogP) is 2.04. The third kappa shape index (κ3) is 3.44. The highest BCUT2D eigenvalue weighted by Crippen LogP contribution is 2.27. The molecule has 3 heteroatoms. The lowest BCUT2D eigenvalue weighted by Gasteiger charge is -2.37. The molecular formula is C13H27NO2. The average Bonchev–Trinajstić information content (AvgIpc) is 2.71. The normalized spacial score (nSPS) is 25.9. The van der Waals surface area contributed by atoms with Gasteiger partial charge in [0.1, 0.15) is 0 Å². The van der Waals surface area contributed by atoms with E-state index in [0.717, 1.165) is 45.3 Å². The quantitative estimate of drug-likeness (QED) is 0.725. The fourth-order valence-electron chi connectivity index (χ4n) is 2.88. The van der Waals surface area contributed by atoms with Gasteiger partial charge in [0.15, 0.2) is 0 Å². The van der Waals surface area contributed by atoms with Gasteiger partial charge in [-0.25, -0.2) is 0 Å². The Morgan fingerprint density at radius 1 is 1.31 bits per heavy atom. The van der Waals surface area contributed by atoms with Crippen molar-refractivity contribution in [3.8, 4) is 0 Å². The Morgan fingerprint density at radius 2 is 2.00 bits per heavy atom. The highest BCUT2D eigenvalue weighted by molar-refractivity contribution is 4.88. The van der Waals surface area contributed by atoms with Gasteiger partial charge in [-0.2, -0.15) is 0 Å². The van der Waals surface area contributed by atoms with Crippen molar-refractivity contribution in [1.82, 2.24) is 4.90 Å². The monoisotopic (exact) mass is 229 g/mol. The predicted molar refractivity (Wildman–Crippen MR) is 66.6 cm³/mol. The van der Waals surface area contributed by atoms with Gasteiger partial charge in [0, 0.05) is 25.7 Å². The van der Waals surface area contributed by atoms with Gasteiger partial charge in [-0.05, 0) is 32.1 Å². The average molecular weight is 229 g/mol. The summed E-state index contributed by atoms with van der Waals surface area (Å²) in [7, 11) is 1.75. The van der Waals surface area contributed by atoms with Crippen molar-refractivity contribution < 1.29 is 9.84 Å². The van der Waals surface area contributed by atoms with E-state index in [1.54, 1.807) is 7.11 Å². The summed E-state index contributed by atoms with van der Waals surface area (Å²) in [5.74, 6) is 0. The Hall–Kier alpha value is -0.120. The Morgan fingerprint density at radius 3 is 2.44 bits per heavy atom. The number of methoxy groups -OCH3 is 1. The summed E-state index contributed by atoms with van der Waals surface area (Å²) in [6, 6.07) is 0.952. The minimum atomic E-state index is -0.127. The second kappa shape index (κ2) is 7.25. The molecule has 0 aliphatic heterocycles. The molecule has 0 aromatic carbocycles. The van der Waals surface area contributed by atoms with E-state index in [9.17, 15) is 5.11 Å². The van der Waals surface area contributed by atoms with E-state index < -0.39 is 0 Å². The molecule has 0 heterocycles. The van der Waals surface area contributed by atoms with Crippen LogP contribution < -0.4 is 0 Å². The molecule has 2 unspecified atom stereocenters. The van der Waals surface area contributed by atoms with Crippen molar-refractivity contribution in [2.45, 2.75) is 64.1 Å². The fourth-order valence-corrected chi connectivity index (χ4v) is 2.88. The van der Waals surface area contributed by atoms with Crippen molar-refractivity contribution in [1.29, 1.82) is 0 Å². The molecule has 1 aliphatic carbocycles. The van der Waals surface area contributed by atoms with Crippen molar-refractivity contribution in [3.63, 3.8) is 0 Å². The second-order valence-corrected chi connectivity index (χ2v) is 4.77. The van der Waals surface area contributed by atoms with Gasteiger partial charge in [-0.15, -0.1) is 0 Å². The van der Waals surface area contributed by atoms with Crippen LogP contribution in [0, 0.1) is 0 Å². The Bertz CT molecular complexity index is 183. The summed E-state index contributed by atoms with van der Waals surface area (Å²) in [6.45, 7) is 6.18. The molecule has 16 heavy (non-hydrogen) atoms. The van der Waals surface area contributed by atoms with E-state index in [1.165, 1.54) is 0 Å². The maximum absolute atomic E-state index is 10.0. The first-order valence-corrected chi connectivity index (χ1v) is 6.67. The third-order valence-electron chi connectivity index (χ3n) is 3.84. The van der Waals surface area contributed by atoms with Crippen LogP contribution >= 0.6 is 0 Å². The number of nitrogens with zero attached hydrogens (tertiary/aromatic N) is 1. The van der Waals surface area contributed by atoms with Crippen molar-refractivity contribution in [3.05, 3.63) is 0 Å². The van der Waals surface area contributed by atoms with E-state index >= 15 is 0 Å². The van der Waals surface area contributed by atoms with Crippen LogP contribution in [-0.2, 0) is 4.74 Å². The van der Waals surface area contributed by atoms with Crippen LogP contribution in [0.5, 0.6) is 0 Å². The van der Waals surface area contributed by atoms with Crippen LogP contribution in [0.4, 0.5) is 0 Å². The molecule has 0 saturated heterocycles. The van der Waals surface area contributed by atoms with Crippen LogP contribution in [0.2, 0.25) is 0 Å². The largest absolute Gasteiger partial charge is 0.391 e. The summed E-state index contributed by atoms with van der Waals surface area (Å²) in [5.41, 5.74) is 0. The maximum Gasteiger partial charge on any atom is 0.0695 e. The minimum absolute atomic E-state index is 0.127. The number of rotatable bonds is 7. The molecule has 0 aromatic rings. The molecule has 1 aliphatic rings. The van der Waals surface area contributed by atoms with Gasteiger partial charge < -0.3 is 9.84 Å². The zero-order valence-corrected chi connectivity index (χ0v) is 11.0. The molecular weight excluding hydrogens is 202 g/mol. The molecule has 1 N–H and O–H groups in total. The topological polar surface area (TPSA) is 32.7 Å². The van der Waals surface area contributed by atoms with E-state index in [2.05, 4.69) is 18.7 Å². The molecule has 0 amide bonds. The zero-order chi connectivity index (χ0) is 12.0. The van der Waals surface area contributed by atoms with Gasteiger partial charge in [-0.1, -0.05) is 13.8 Å². The van der Waals surface area contributed by atoms with Gasteiger partial charge in [-0.3, -0.25) is 4.90 Å². The smallest absolute Gasteiger partial charge is 0.0695 e. The fraction of sp³-hybridized carbons (Fsp3) is 1.00. The first kappa shape index (κ1) is 13.9. The number of aliphatic hydroxyl groups is 1. The van der Waals surface area contributed by atoms with Gasteiger partial charge in [0.2, 0.25) is 0 Å². The third-order valence-corrected chi connectivity index (χ3v) is 3.84. The highest BCUT2D eigenvalue weighted by Gasteiger charge is 2.33. The van der Waals surface area contributed by atoms with Crippen LogP contribution in [0.3, 0.4) is 0 Å². The van der Waals surface area contributed by atoms with Crippen molar-refractivity contribution >= 4 is 0 Å². The lowest BCUT2D eigenvalue weighted by atomic mass is 10.1. The molecule has 1 rings (SSSR count). The lowest BCUT2D eigenvalue weighted by Crippen LogP contribution is -2.47. The van der Waals surface area contributed by atoms with E-state index in [4.69, 9.17) is 4.74 Å². The van der Waals surface area contributed by atoms with Crippen LogP contribution in [-0.4, -0.2) is 48.5 Å². The number of ether oxygens (including phenoxy) is 1. The molecule has 0 radical (unpaired) electrons. The Kier molecular flexibility index (Phi) is 6.32. The molecule has 96 valence electrons. The molecule has 2 atom stereocenters. The van der Waals surface area contributed by atoms with Gasteiger partial charge in [0.05, 0.1) is 12.7 Å². The zero-order valence-electron chi connectivity index (χ0n) is 11.0. The van der Waals surface area contributed by atoms with Crippen molar-refractivity contribution in [2.75, 3.05) is 20.3 Å². The summed E-state index contributed by atoms with van der Waals surface area (Å²) >= 11 is 0. The molecule has 0 aromatic heterocycles. The molecule has 0 bridgehead atoms. The van der Waals surface area contributed by atoms with Crippen LogP contribution in [0.15, 0.2) is 0 Å². The van der Waals surface area contributed by atoms with Crippen LogP contribution in [0.25, 0.3) is 0 Å². The number of hydrogen-bond acceptors (Lipinski definition) is 3. The maximum atomic E-state index is 10.0. The van der Waals surface area contributed by atoms with Crippen molar-refractivity contribution in [2.24, 2.45) is 0 Å². The molecule has 3 nitrogen and oxygen atoms in total. The SMILES string of the molecule is CCC(CC)N(CCOC)C1CCCC1O. The summed E-state index contributed by atoms with van der Waals surface area (Å²) in [6.07, 6.45) is 5.45. The number of aliphatic hydroxyl groups excluding tert-OH is 1. The highest BCUT2D eigenvalue weighted by atomic mass is 16.5. The molecule has 0 spiro atoms. The van der Waals surface area contributed by atoms with Gasteiger partial charge in [0.25, 0.3) is 0 Å². The molecule has 1 fully saturated rings. The Balaban J connectivity index is 2.60. The van der Waals surface area contributed by atoms with E-state index in [0.29, 0.717) is 12.1 Å². The van der Waals surface area contributed by atoms with E-state index in [-0.39, 0.29) is 6.10 Å². The molecule has 1 saturated carbocycles. The second-order valence-electron chi connectivity index (χ2n) is 4.77. The number of hydrogen-bond donors (Lipinski definition) is 1. The summed E-state index contributed by atoms with van der Waals surface area (Å²) in [4.78, 5) is 2.47. The summed E-state index contributed by atoms with van der Waals surface area (Å²) in [5, 5.41) is 10.0. The van der Waals surface area contributed by atoms with E-state index in [1.807, 2.05) is 0 Å². The first-order valence-electron chi connectivity index (χ1n) is 6.67. The minimum Gasteiger partial charge on any atom is -0.391 e.